The highest BCUT2D eigenvalue weighted by Gasteiger charge is 2.08. The molecule has 0 fully saturated rings. The lowest BCUT2D eigenvalue weighted by Crippen LogP contribution is -2.00. The van der Waals surface area contributed by atoms with Gasteiger partial charge in [0.25, 0.3) is 0 Å². The second kappa shape index (κ2) is 9.00. The molecule has 1 atom stereocenters. The molecule has 0 heterocycles. The summed E-state index contributed by atoms with van der Waals surface area (Å²) in [5.74, 6) is -0.172. The minimum Gasteiger partial charge on any atom is -0.469 e. The van der Waals surface area contributed by atoms with Crippen molar-refractivity contribution in [2.24, 2.45) is 5.11 Å². The summed E-state index contributed by atoms with van der Waals surface area (Å²) in [6.07, 6.45) is 3.92. The summed E-state index contributed by atoms with van der Waals surface area (Å²) in [5, 5.41) is 3.83. The monoisotopic (exact) mass is 261 g/mol. The molecule has 102 valence electrons. The van der Waals surface area contributed by atoms with Crippen LogP contribution in [0.2, 0.25) is 0 Å². The minimum absolute atomic E-state index is 0.121. The van der Waals surface area contributed by atoms with Gasteiger partial charge < -0.3 is 4.74 Å². The van der Waals surface area contributed by atoms with Gasteiger partial charge in [0.2, 0.25) is 0 Å². The van der Waals surface area contributed by atoms with Crippen LogP contribution in [-0.2, 0) is 9.53 Å². The van der Waals surface area contributed by atoms with Crippen molar-refractivity contribution in [2.75, 3.05) is 7.11 Å². The van der Waals surface area contributed by atoms with Crippen LogP contribution in [0.5, 0.6) is 0 Å². The fraction of sp³-hybridized carbons (Fsp3) is 0.500. The Bertz CT molecular complexity index is 428. The van der Waals surface area contributed by atoms with E-state index in [2.05, 4.69) is 14.8 Å². The zero-order valence-corrected chi connectivity index (χ0v) is 11.2. The van der Waals surface area contributed by atoms with Crippen LogP contribution in [0.15, 0.2) is 35.4 Å². The molecule has 0 saturated carbocycles. The quantitative estimate of drug-likeness (QED) is 0.231. The van der Waals surface area contributed by atoms with Crippen LogP contribution in [0.3, 0.4) is 0 Å². The molecule has 0 amide bonds. The number of rotatable bonds is 8. The number of carbonyl (C=O) groups is 1. The number of hydrogen-bond donors (Lipinski definition) is 0. The Kier molecular flexibility index (Phi) is 7.13. The summed E-state index contributed by atoms with van der Waals surface area (Å²) in [7, 11) is 1.40. The number of nitrogens with zero attached hydrogens (tertiary/aromatic N) is 3. The van der Waals surface area contributed by atoms with E-state index in [1.165, 1.54) is 7.11 Å². The number of ether oxygens (including phenoxy) is 1. The second-order valence-electron chi connectivity index (χ2n) is 4.31. The number of hydrogen-bond acceptors (Lipinski definition) is 3. The Morgan fingerprint density at radius 1 is 1.32 bits per heavy atom. The highest BCUT2D eigenvalue weighted by molar-refractivity contribution is 5.68. The van der Waals surface area contributed by atoms with E-state index < -0.39 is 0 Å². The van der Waals surface area contributed by atoms with Crippen LogP contribution in [0.25, 0.3) is 10.4 Å². The normalized spacial score (nSPS) is 11.4. The van der Waals surface area contributed by atoms with Crippen LogP contribution < -0.4 is 0 Å². The van der Waals surface area contributed by atoms with Gasteiger partial charge in [-0.25, -0.2) is 0 Å². The van der Waals surface area contributed by atoms with Gasteiger partial charge in [0.15, 0.2) is 0 Å². The van der Waals surface area contributed by atoms with Crippen LogP contribution >= 0.6 is 0 Å². The third-order valence-electron chi connectivity index (χ3n) is 2.96. The van der Waals surface area contributed by atoms with Crippen molar-refractivity contribution in [3.8, 4) is 0 Å². The zero-order chi connectivity index (χ0) is 13.9. The lowest BCUT2D eigenvalue weighted by molar-refractivity contribution is -0.140. The molecule has 19 heavy (non-hydrogen) atoms. The molecule has 5 heteroatoms. The topological polar surface area (TPSA) is 75.1 Å². The molecular weight excluding hydrogens is 242 g/mol. The number of esters is 1. The van der Waals surface area contributed by atoms with E-state index in [0.717, 1.165) is 31.2 Å². The first-order valence-corrected chi connectivity index (χ1v) is 6.44. The van der Waals surface area contributed by atoms with E-state index in [0.29, 0.717) is 6.42 Å². The third-order valence-corrected chi connectivity index (χ3v) is 2.96. The van der Waals surface area contributed by atoms with Gasteiger partial charge in [-0.1, -0.05) is 48.3 Å². The molecule has 1 rings (SSSR count). The zero-order valence-electron chi connectivity index (χ0n) is 11.2. The molecule has 0 aliphatic heterocycles. The van der Waals surface area contributed by atoms with Gasteiger partial charge in [-0.15, -0.1) is 0 Å². The number of carbonyl (C=O) groups excluding carboxylic acids is 1. The average Bonchev–Trinajstić information content (AvgIpc) is 2.46. The van der Waals surface area contributed by atoms with Crippen molar-refractivity contribution in [1.29, 1.82) is 0 Å². The molecule has 1 unspecified atom stereocenters. The molecule has 1 aromatic rings. The largest absolute Gasteiger partial charge is 0.469 e. The molecule has 0 radical (unpaired) electrons. The lowest BCUT2D eigenvalue weighted by atomic mass is 10.0. The number of benzene rings is 1. The van der Waals surface area contributed by atoms with Crippen molar-refractivity contribution in [3.05, 3.63) is 46.3 Å². The van der Waals surface area contributed by atoms with Gasteiger partial charge in [0.1, 0.15) is 0 Å². The van der Waals surface area contributed by atoms with Gasteiger partial charge in [-0.2, -0.15) is 0 Å². The van der Waals surface area contributed by atoms with Gasteiger partial charge in [-0.3, -0.25) is 4.79 Å². The average molecular weight is 261 g/mol. The van der Waals surface area contributed by atoms with Gasteiger partial charge >= 0.3 is 5.97 Å². The molecule has 0 aliphatic carbocycles. The van der Waals surface area contributed by atoms with Gasteiger partial charge in [0, 0.05) is 11.3 Å². The van der Waals surface area contributed by atoms with E-state index in [4.69, 9.17) is 5.53 Å². The van der Waals surface area contributed by atoms with Crippen LogP contribution in [-0.4, -0.2) is 13.1 Å². The van der Waals surface area contributed by atoms with Crippen LogP contribution in [0.4, 0.5) is 0 Å². The molecule has 0 spiro atoms. The van der Waals surface area contributed by atoms with Gasteiger partial charge in [0.05, 0.1) is 13.2 Å². The lowest BCUT2D eigenvalue weighted by Gasteiger charge is -2.10. The molecule has 0 bridgehead atoms. The SMILES string of the molecule is COC(=O)CCCCCC(N=[N+]=[N-])c1ccccc1. The Balaban J connectivity index is 2.35. The summed E-state index contributed by atoms with van der Waals surface area (Å²) >= 11 is 0. The third kappa shape index (κ3) is 5.93. The highest BCUT2D eigenvalue weighted by atomic mass is 16.5. The van der Waals surface area contributed by atoms with Crippen molar-refractivity contribution in [2.45, 2.75) is 38.1 Å². The maximum Gasteiger partial charge on any atom is 0.305 e. The first-order chi connectivity index (χ1) is 9.27. The first kappa shape index (κ1) is 15.1. The molecule has 0 saturated heterocycles. The van der Waals surface area contributed by atoms with E-state index >= 15 is 0 Å². The number of azide groups is 1. The Morgan fingerprint density at radius 3 is 2.68 bits per heavy atom. The van der Waals surface area contributed by atoms with E-state index in [-0.39, 0.29) is 12.0 Å². The molecular formula is C14H19N3O2. The van der Waals surface area contributed by atoms with Crippen molar-refractivity contribution < 1.29 is 9.53 Å². The molecule has 0 N–H and O–H groups in total. The van der Waals surface area contributed by atoms with Crippen LogP contribution in [0.1, 0.15) is 43.7 Å². The smallest absolute Gasteiger partial charge is 0.305 e. The minimum atomic E-state index is -0.172. The summed E-state index contributed by atoms with van der Waals surface area (Å²) in [5.41, 5.74) is 9.64. The predicted octanol–water partition coefficient (Wildman–Crippen LogP) is 4.16. The molecule has 1 aromatic carbocycles. The molecule has 5 nitrogen and oxygen atoms in total. The highest BCUT2D eigenvalue weighted by Crippen LogP contribution is 2.24. The standard InChI is InChI=1S/C14H19N3O2/c1-19-14(18)11-7-3-6-10-13(16-17-15)12-8-4-2-5-9-12/h2,4-5,8-9,13H,3,6-7,10-11H2,1H3. The Labute approximate surface area is 113 Å². The van der Waals surface area contributed by atoms with E-state index in [9.17, 15) is 4.79 Å². The molecule has 0 aliphatic rings. The number of methoxy groups -OCH3 is 1. The van der Waals surface area contributed by atoms with Gasteiger partial charge in [-0.05, 0) is 23.9 Å². The maximum atomic E-state index is 10.9. The predicted molar refractivity (Wildman–Crippen MR) is 73.4 cm³/mol. The first-order valence-electron chi connectivity index (χ1n) is 6.44. The van der Waals surface area contributed by atoms with Crippen LogP contribution in [0, 0.1) is 0 Å². The van der Waals surface area contributed by atoms with Crippen molar-refractivity contribution >= 4 is 5.97 Å². The van der Waals surface area contributed by atoms with Crippen molar-refractivity contribution in [1.82, 2.24) is 0 Å². The second-order valence-corrected chi connectivity index (χ2v) is 4.31. The summed E-state index contributed by atoms with van der Waals surface area (Å²) < 4.78 is 4.58. The summed E-state index contributed by atoms with van der Waals surface area (Å²) in [6.45, 7) is 0. The number of unbranched alkanes of at least 4 members (excludes halogenated alkanes) is 2. The maximum absolute atomic E-state index is 10.9. The Hall–Kier alpha value is -2.00. The fourth-order valence-electron chi connectivity index (χ4n) is 1.91. The van der Waals surface area contributed by atoms with E-state index in [1.54, 1.807) is 0 Å². The Morgan fingerprint density at radius 2 is 2.05 bits per heavy atom. The summed E-state index contributed by atoms with van der Waals surface area (Å²) in [6, 6.07) is 9.62. The summed E-state index contributed by atoms with van der Waals surface area (Å²) in [4.78, 5) is 13.8. The van der Waals surface area contributed by atoms with E-state index in [1.807, 2.05) is 30.3 Å². The van der Waals surface area contributed by atoms with Crippen molar-refractivity contribution in [3.63, 3.8) is 0 Å². The fourth-order valence-corrected chi connectivity index (χ4v) is 1.91. The molecule has 0 aromatic heterocycles.